The molecule has 0 amide bonds. The van der Waals surface area contributed by atoms with E-state index in [9.17, 15) is 4.79 Å². The SMILES string of the molecule is CCOC(=O)C1CNCCN1c1cnnc2ccccc12. The first-order valence-electron chi connectivity index (χ1n) is 7.15. The van der Waals surface area contributed by atoms with Crippen molar-refractivity contribution >= 4 is 22.6 Å². The summed E-state index contributed by atoms with van der Waals surface area (Å²) in [5.74, 6) is -0.203. The Hall–Kier alpha value is -2.21. The molecule has 1 aromatic heterocycles. The molecule has 0 radical (unpaired) electrons. The van der Waals surface area contributed by atoms with E-state index in [-0.39, 0.29) is 12.0 Å². The van der Waals surface area contributed by atoms with Crippen molar-refractivity contribution in [2.24, 2.45) is 0 Å². The highest BCUT2D eigenvalue weighted by molar-refractivity contribution is 5.93. The average molecular weight is 286 g/mol. The molecule has 6 nitrogen and oxygen atoms in total. The quantitative estimate of drug-likeness (QED) is 0.848. The summed E-state index contributed by atoms with van der Waals surface area (Å²) in [7, 11) is 0. The molecule has 0 bridgehead atoms. The second-order valence-corrected chi connectivity index (χ2v) is 4.91. The third kappa shape index (κ3) is 2.67. The zero-order valence-electron chi connectivity index (χ0n) is 12.0. The molecule has 0 spiro atoms. The van der Waals surface area contributed by atoms with E-state index in [0.29, 0.717) is 13.2 Å². The van der Waals surface area contributed by atoms with Gasteiger partial charge in [0.25, 0.3) is 0 Å². The summed E-state index contributed by atoms with van der Waals surface area (Å²) < 4.78 is 5.19. The number of rotatable bonds is 3. The lowest BCUT2D eigenvalue weighted by Gasteiger charge is -2.36. The first kappa shape index (κ1) is 13.8. The Kier molecular flexibility index (Phi) is 3.96. The number of hydrogen-bond acceptors (Lipinski definition) is 6. The van der Waals surface area contributed by atoms with E-state index in [1.807, 2.05) is 31.2 Å². The van der Waals surface area contributed by atoms with E-state index in [4.69, 9.17) is 4.74 Å². The topological polar surface area (TPSA) is 67.3 Å². The van der Waals surface area contributed by atoms with Gasteiger partial charge >= 0.3 is 5.97 Å². The fourth-order valence-electron chi connectivity index (χ4n) is 2.66. The van der Waals surface area contributed by atoms with Gasteiger partial charge in [-0.25, -0.2) is 4.79 Å². The van der Waals surface area contributed by atoms with Crippen LogP contribution in [0.25, 0.3) is 10.9 Å². The van der Waals surface area contributed by atoms with Crippen molar-refractivity contribution < 1.29 is 9.53 Å². The van der Waals surface area contributed by atoms with E-state index in [1.54, 1.807) is 6.20 Å². The minimum Gasteiger partial charge on any atom is -0.464 e. The minimum atomic E-state index is -0.327. The largest absolute Gasteiger partial charge is 0.464 e. The van der Waals surface area contributed by atoms with Gasteiger partial charge in [0.15, 0.2) is 0 Å². The van der Waals surface area contributed by atoms with Crippen LogP contribution in [0.3, 0.4) is 0 Å². The van der Waals surface area contributed by atoms with Crippen molar-refractivity contribution in [3.8, 4) is 0 Å². The monoisotopic (exact) mass is 286 g/mol. The van der Waals surface area contributed by atoms with Crippen LogP contribution in [0.15, 0.2) is 30.5 Å². The van der Waals surface area contributed by atoms with Gasteiger partial charge in [0, 0.05) is 25.0 Å². The van der Waals surface area contributed by atoms with Gasteiger partial charge in [0.2, 0.25) is 0 Å². The summed E-state index contributed by atoms with van der Waals surface area (Å²) in [4.78, 5) is 14.2. The average Bonchev–Trinajstić information content (AvgIpc) is 2.54. The first-order valence-corrected chi connectivity index (χ1v) is 7.15. The maximum Gasteiger partial charge on any atom is 0.330 e. The van der Waals surface area contributed by atoms with Gasteiger partial charge in [0.05, 0.1) is 24.0 Å². The number of esters is 1. The smallest absolute Gasteiger partial charge is 0.330 e. The van der Waals surface area contributed by atoms with Crippen molar-refractivity contribution in [3.05, 3.63) is 30.5 Å². The number of fused-ring (bicyclic) bond motifs is 1. The fraction of sp³-hybridized carbons (Fsp3) is 0.400. The lowest BCUT2D eigenvalue weighted by Crippen LogP contribution is -2.55. The van der Waals surface area contributed by atoms with E-state index >= 15 is 0 Å². The highest BCUT2D eigenvalue weighted by Crippen LogP contribution is 2.26. The van der Waals surface area contributed by atoms with E-state index < -0.39 is 0 Å². The molecule has 2 aromatic rings. The number of benzene rings is 1. The molecule has 21 heavy (non-hydrogen) atoms. The maximum absolute atomic E-state index is 12.2. The highest BCUT2D eigenvalue weighted by Gasteiger charge is 2.31. The minimum absolute atomic E-state index is 0.203. The number of aromatic nitrogens is 2. The molecule has 1 fully saturated rings. The van der Waals surface area contributed by atoms with Crippen molar-refractivity contribution in [2.45, 2.75) is 13.0 Å². The lowest BCUT2D eigenvalue weighted by atomic mass is 10.1. The van der Waals surface area contributed by atoms with E-state index in [0.717, 1.165) is 29.7 Å². The Morgan fingerprint density at radius 1 is 1.48 bits per heavy atom. The summed E-state index contributed by atoms with van der Waals surface area (Å²) in [5.41, 5.74) is 1.76. The molecule has 1 unspecified atom stereocenters. The molecule has 1 aromatic carbocycles. The highest BCUT2D eigenvalue weighted by atomic mass is 16.5. The van der Waals surface area contributed by atoms with Crippen molar-refractivity contribution in [3.63, 3.8) is 0 Å². The van der Waals surface area contributed by atoms with Crippen LogP contribution in [-0.4, -0.2) is 48.4 Å². The summed E-state index contributed by atoms with van der Waals surface area (Å²) in [6.45, 7) is 4.35. The Balaban J connectivity index is 2.00. The van der Waals surface area contributed by atoms with E-state index in [1.165, 1.54) is 0 Å². The Morgan fingerprint density at radius 2 is 2.33 bits per heavy atom. The Labute approximate surface area is 123 Å². The Bertz CT molecular complexity index is 641. The molecule has 0 aliphatic carbocycles. The molecule has 110 valence electrons. The summed E-state index contributed by atoms with van der Waals surface area (Å²) >= 11 is 0. The van der Waals surface area contributed by atoms with Gasteiger partial charge in [-0.15, -0.1) is 0 Å². The number of anilines is 1. The fourth-order valence-corrected chi connectivity index (χ4v) is 2.66. The van der Waals surface area contributed by atoms with Crippen LogP contribution in [0.2, 0.25) is 0 Å². The van der Waals surface area contributed by atoms with Crippen molar-refractivity contribution in [1.29, 1.82) is 0 Å². The number of piperazine rings is 1. The van der Waals surface area contributed by atoms with Crippen LogP contribution >= 0.6 is 0 Å². The van der Waals surface area contributed by atoms with Crippen LogP contribution in [0.4, 0.5) is 5.69 Å². The van der Waals surface area contributed by atoms with Gasteiger partial charge in [0.1, 0.15) is 6.04 Å². The van der Waals surface area contributed by atoms with Gasteiger partial charge in [-0.05, 0) is 13.0 Å². The van der Waals surface area contributed by atoms with Gasteiger partial charge in [-0.2, -0.15) is 10.2 Å². The molecule has 0 saturated carbocycles. The van der Waals surface area contributed by atoms with Gasteiger partial charge in [-0.1, -0.05) is 18.2 Å². The predicted molar refractivity (Wildman–Crippen MR) is 80.2 cm³/mol. The molecule has 1 N–H and O–H groups in total. The van der Waals surface area contributed by atoms with Crippen LogP contribution < -0.4 is 10.2 Å². The summed E-state index contributed by atoms with van der Waals surface area (Å²) in [5, 5.41) is 12.4. The molecular formula is C15H18N4O2. The molecule has 1 aliphatic heterocycles. The lowest BCUT2D eigenvalue weighted by molar-refractivity contribution is -0.144. The second-order valence-electron chi connectivity index (χ2n) is 4.91. The van der Waals surface area contributed by atoms with E-state index in [2.05, 4.69) is 20.4 Å². The number of carbonyl (C=O) groups is 1. The van der Waals surface area contributed by atoms with Crippen LogP contribution in [0.1, 0.15) is 6.92 Å². The summed E-state index contributed by atoms with van der Waals surface area (Å²) in [6.07, 6.45) is 1.72. The third-order valence-corrected chi connectivity index (χ3v) is 3.64. The van der Waals surface area contributed by atoms with Crippen molar-refractivity contribution in [2.75, 3.05) is 31.1 Å². The van der Waals surface area contributed by atoms with Crippen LogP contribution in [0.5, 0.6) is 0 Å². The van der Waals surface area contributed by atoms with Gasteiger partial charge < -0.3 is 15.0 Å². The standard InChI is InChI=1S/C15H18N4O2/c1-2-21-15(20)14-9-16-7-8-19(14)13-10-17-18-12-6-4-3-5-11(12)13/h3-6,10,14,16H,2,7-9H2,1H3. The molecule has 6 heteroatoms. The molecule has 1 saturated heterocycles. The molecule has 2 heterocycles. The van der Waals surface area contributed by atoms with Crippen molar-refractivity contribution in [1.82, 2.24) is 15.5 Å². The molecular weight excluding hydrogens is 268 g/mol. The van der Waals surface area contributed by atoms with Gasteiger partial charge in [-0.3, -0.25) is 0 Å². The van der Waals surface area contributed by atoms with Crippen LogP contribution in [0, 0.1) is 0 Å². The second kappa shape index (κ2) is 6.05. The normalized spacial score (nSPS) is 18.7. The molecule has 3 rings (SSSR count). The predicted octanol–water partition coefficient (Wildman–Crippen LogP) is 0.971. The number of nitrogens with zero attached hydrogens (tertiary/aromatic N) is 3. The maximum atomic E-state index is 12.2. The van der Waals surface area contributed by atoms with Crippen LogP contribution in [-0.2, 0) is 9.53 Å². The zero-order valence-corrected chi connectivity index (χ0v) is 12.0. The number of ether oxygens (including phenoxy) is 1. The Morgan fingerprint density at radius 3 is 3.19 bits per heavy atom. The first-order chi connectivity index (χ1) is 10.3. The summed E-state index contributed by atoms with van der Waals surface area (Å²) in [6, 6.07) is 7.50. The molecule has 1 aliphatic rings. The number of hydrogen-bond donors (Lipinski definition) is 1. The number of nitrogens with one attached hydrogen (secondary N) is 1. The third-order valence-electron chi connectivity index (χ3n) is 3.64. The number of carbonyl (C=O) groups excluding carboxylic acids is 1. The zero-order chi connectivity index (χ0) is 14.7. The molecule has 1 atom stereocenters.